The fourth-order valence-corrected chi connectivity index (χ4v) is 6.09. The Balaban J connectivity index is 1.33. The van der Waals surface area contributed by atoms with Crippen molar-refractivity contribution in [2.75, 3.05) is 25.0 Å². The van der Waals surface area contributed by atoms with Crippen LogP contribution in [0, 0.1) is 18.8 Å². The highest BCUT2D eigenvalue weighted by atomic mass is 32.2. The average molecular weight is 490 g/mol. The second kappa shape index (κ2) is 9.79. The van der Waals surface area contributed by atoms with Crippen LogP contribution in [0.5, 0.6) is 0 Å². The van der Waals surface area contributed by atoms with Gasteiger partial charge in [-0.05, 0) is 55.5 Å². The van der Waals surface area contributed by atoms with Crippen LogP contribution in [0.1, 0.15) is 24.5 Å². The van der Waals surface area contributed by atoms with Crippen LogP contribution in [-0.4, -0.2) is 46.9 Å². The summed E-state index contributed by atoms with van der Waals surface area (Å²) in [5.41, 5.74) is 2.72. The number of aromatic nitrogens is 3. The third-order valence-corrected chi connectivity index (χ3v) is 8.69. The summed E-state index contributed by atoms with van der Waals surface area (Å²) in [5, 5.41) is 4.20. The molecule has 2 aromatic carbocycles. The lowest BCUT2D eigenvalue weighted by molar-refractivity contribution is 0.128. The van der Waals surface area contributed by atoms with Crippen LogP contribution in [0.2, 0.25) is 0 Å². The smallest absolute Gasteiger partial charge is 0.269 e. The van der Waals surface area contributed by atoms with E-state index >= 15 is 0 Å². The van der Waals surface area contributed by atoms with E-state index < -0.39 is 10.0 Å². The van der Waals surface area contributed by atoms with Gasteiger partial charge in [-0.1, -0.05) is 55.0 Å². The number of aryl methyl sites for hydroxylation is 1. The van der Waals surface area contributed by atoms with Crippen molar-refractivity contribution < 1.29 is 8.42 Å². The molecule has 5 rings (SSSR count). The zero-order valence-corrected chi connectivity index (χ0v) is 20.9. The third-order valence-electron chi connectivity index (χ3n) is 7.00. The predicted octanol–water partition coefficient (Wildman–Crippen LogP) is 4.55. The van der Waals surface area contributed by atoms with Crippen molar-refractivity contribution in [2.24, 2.45) is 11.8 Å². The molecule has 1 N–H and O–H groups in total. The fraction of sp³-hybridized carbons (Fsp3) is 0.333. The number of hydrogen-bond donors (Lipinski definition) is 1. The zero-order valence-electron chi connectivity index (χ0n) is 20.1. The van der Waals surface area contributed by atoms with Crippen molar-refractivity contribution in [1.82, 2.24) is 18.8 Å². The first-order chi connectivity index (χ1) is 16.9. The van der Waals surface area contributed by atoms with Gasteiger partial charge in [0.2, 0.25) is 0 Å². The minimum Gasteiger partial charge on any atom is -0.369 e. The molecule has 0 bridgehead atoms. The maximum absolute atomic E-state index is 13.2. The minimum absolute atomic E-state index is 0.239. The predicted molar refractivity (Wildman–Crippen MR) is 139 cm³/mol. The lowest BCUT2D eigenvalue weighted by Crippen LogP contribution is -2.41. The molecule has 35 heavy (non-hydrogen) atoms. The van der Waals surface area contributed by atoms with Crippen molar-refractivity contribution in [1.29, 1.82) is 0 Å². The summed E-state index contributed by atoms with van der Waals surface area (Å²) in [5.74, 6) is 1.73. The summed E-state index contributed by atoms with van der Waals surface area (Å²) in [6.45, 7) is 8.09. The molecule has 0 amide bonds. The summed E-state index contributed by atoms with van der Waals surface area (Å²) in [6, 6.07) is 19.2. The maximum atomic E-state index is 13.2. The van der Waals surface area contributed by atoms with Crippen molar-refractivity contribution in [3.8, 4) is 0 Å². The summed E-state index contributed by atoms with van der Waals surface area (Å²) >= 11 is 0. The molecule has 7 nitrogen and oxygen atoms in total. The Morgan fingerprint density at radius 3 is 2.57 bits per heavy atom. The number of hydrogen-bond acceptors (Lipinski definition) is 6. The Bertz CT molecular complexity index is 1400. The number of rotatable bonds is 7. The number of nitrogens with one attached hydrogen (secondary N) is 1. The van der Waals surface area contributed by atoms with Crippen LogP contribution in [0.4, 0.5) is 5.82 Å². The monoisotopic (exact) mass is 489 g/mol. The van der Waals surface area contributed by atoms with Gasteiger partial charge in [0.15, 0.2) is 5.65 Å². The molecule has 1 fully saturated rings. The molecule has 1 aliphatic heterocycles. The van der Waals surface area contributed by atoms with Crippen LogP contribution in [0.15, 0.2) is 78.1 Å². The summed E-state index contributed by atoms with van der Waals surface area (Å²) in [7, 11) is -3.75. The Morgan fingerprint density at radius 1 is 1.03 bits per heavy atom. The maximum Gasteiger partial charge on any atom is 0.269 e. The van der Waals surface area contributed by atoms with Crippen LogP contribution in [-0.2, 0) is 16.6 Å². The summed E-state index contributed by atoms with van der Waals surface area (Å²) in [6.07, 6.45) is 4.14. The van der Waals surface area contributed by atoms with Crippen molar-refractivity contribution >= 4 is 26.9 Å². The molecule has 4 aromatic rings. The van der Waals surface area contributed by atoms with Crippen molar-refractivity contribution in [3.63, 3.8) is 0 Å². The Labute approximate surface area is 206 Å². The molecule has 0 saturated carbocycles. The highest BCUT2D eigenvalue weighted by molar-refractivity contribution is 7.90. The first-order valence-electron chi connectivity index (χ1n) is 12.1. The van der Waals surface area contributed by atoms with E-state index in [4.69, 9.17) is 0 Å². The second-order valence-corrected chi connectivity index (χ2v) is 11.3. The van der Waals surface area contributed by atoms with E-state index in [1.807, 2.05) is 6.92 Å². The topological polar surface area (TPSA) is 80.1 Å². The van der Waals surface area contributed by atoms with Crippen LogP contribution < -0.4 is 5.32 Å². The highest BCUT2D eigenvalue weighted by Gasteiger charge is 2.27. The van der Waals surface area contributed by atoms with Gasteiger partial charge in [0.1, 0.15) is 12.1 Å². The van der Waals surface area contributed by atoms with Crippen LogP contribution >= 0.6 is 0 Å². The van der Waals surface area contributed by atoms with Crippen molar-refractivity contribution in [3.05, 3.63) is 84.3 Å². The van der Waals surface area contributed by atoms with E-state index in [0.717, 1.165) is 38.2 Å². The standard InChI is InChI=1S/C27H31N5O2S/c1-20-8-10-24(11-9-20)35(33,34)32-15-13-25-26(29-19-30-27(25)32)28-16-23-18-31(14-12-21(23)2)17-22-6-4-3-5-7-22/h3-11,13,15,19,21,23H,12,14,16-18H2,1-2H3,(H,28,29,30). The highest BCUT2D eigenvalue weighted by Crippen LogP contribution is 2.28. The largest absolute Gasteiger partial charge is 0.369 e. The van der Waals surface area contributed by atoms with E-state index in [-0.39, 0.29) is 4.90 Å². The number of piperidine rings is 1. The minimum atomic E-state index is -3.75. The molecule has 2 atom stereocenters. The van der Waals surface area contributed by atoms with E-state index in [1.54, 1.807) is 36.5 Å². The molecule has 2 unspecified atom stereocenters. The lowest BCUT2D eigenvalue weighted by Gasteiger charge is -2.37. The van der Waals surface area contributed by atoms with E-state index in [2.05, 4.69) is 57.4 Å². The van der Waals surface area contributed by atoms with Gasteiger partial charge < -0.3 is 5.32 Å². The number of nitrogens with zero attached hydrogens (tertiary/aromatic N) is 4. The van der Waals surface area contributed by atoms with Gasteiger partial charge in [0.05, 0.1) is 10.3 Å². The molecule has 1 aliphatic rings. The molecule has 0 aliphatic carbocycles. The normalized spacial score (nSPS) is 19.1. The van der Waals surface area contributed by atoms with Gasteiger partial charge in [-0.15, -0.1) is 0 Å². The van der Waals surface area contributed by atoms with Crippen LogP contribution in [0.25, 0.3) is 11.0 Å². The molecule has 1 saturated heterocycles. The number of fused-ring (bicyclic) bond motifs is 1. The fourth-order valence-electron chi connectivity index (χ4n) is 4.79. The first-order valence-corrected chi connectivity index (χ1v) is 13.5. The summed E-state index contributed by atoms with van der Waals surface area (Å²) < 4.78 is 27.7. The zero-order chi connectivity index (χ0) is 24.4. The van der Waals surface area contributed by atoms with Crippen LogP contribution in [0.3, 0.4) is 0 Å². The molecule has 8 heteroatoms. The SMILES string of the molecule is Cc1ccc(S(=O)(=O)n2ccc3c(NCC4CN(Cc5ccccc5)CCC4C)ncnc32)cc1. The summed E-state index contributed by atoms with van der Waals surface area (Å²) in [4.78, 5) is 11.5. The van der Waals surface area contributed by atoms with Gasteiger partial charge in [-0.25, -0.2) is 22.4 Å². The van der Waals surface area contributed by atoms with E-state index in [1.165, 1.54) is 15.9 Å². The van der Waals surface area contributed by atoms with Gasteiger partial charge in [-0.3, -0.25) is 4.90 Å². The molecule has 182 valence electrons. The van der Waals surface area contributed by atoms with Crippen molar-refractivity contribution in [2.45, 2.75) is 31.7 Å². The molecule has 2 aromatic heterocycles. The first kappa shape index (κ1) is 23.5. The Morgan fingerprint density at radius 2 is 1.80 bits per heavy atom. The Kier molecular flexibility index (Phi) is 6.58. The van der Waals surface area contributed by atoms with E-state index in [0.29, 0.717) is 28.7 Å². The van der Waals surface area contributed by atoms with Gasteiger partial charge in [-0.2, -0.15) is 0 Å². The quantitative estimate of drug-likeness (QED) is 0.410. The number of anilines is 1. The number of likely N-dealkylation sites (tertiary alicyclic amines) is 1. The van der Waals surface area contributed by atoms with Gasteiger partial charge in [0, 0.05) is 25.8 Å². The molecule has 0 radical (unpaired) electrons. The van der Waals surface area contributed by atoms with E-state index in [9.17, 15) is 8.42 Å². The lowest BCUT2D eigenvalue weighted by atomic mass is 9.86. The molecule has 0 spiro atoms. The molecular weight excluding hydrogens is 458 g/mol. The molecular formula is C27H31N5O2S. The second-order valence-electron chi connectivity index (χ2n) is 9.52. The van der Waals surface area contributed by atoms with Gasteiger partial charge >= 0.3 is 0 Å². The molecule has 3 heterocycles. The Hall–Kier alpha value is -3.23. The number of benzene rings is 2. The third kappa shape index (κ3) is 4.94. The average Bonchev–Trinajstić information content (AvgIpc) is 3.31. The van der Waals surface area contributed by atoms with Gasteiger partial charge in [0.25, 0.3) is 10.0 Å².